The minimum atomic E-state index is -0.968. The number of fused-ring (bicyclic) bond motifs is 2. The van der Waals surface area contributed by atoms with Crippen molar-refractivity contribution in [3.8, 4) is 0 Å². The molecule has 1 aromatic heterocycles. The molecule has 3 aromatic rings. The van der Waals surface area contributed by atoms with Gasteiger partial charge in [-0.05, 0) is 44.2 Å². The quantitative estimate of drug-likeness (QED) is 0.394. The number of benzene rings is 2. The van der Waals surface area contributed by atoms with Crippen LogP contribution < -0.4 is 5.43 Å². The Hall–Kier alpha value is -2.50. The van der Waals surface area contributed by atoms with Gasteiger partial charge < -0.3 is 13.9 Å². The number of para-hydroxylation sites is 1. The van der Waals surface area contributed by atoms with Crippen molar-refractivity contribution in [2.24, 2.45) is 0 Å². The van der Waals surface area contributed by atoms with E-state index in [0.717, 1.165) is 0 Å². The van der Waals surface area contributed by atoms with Crippen molar-refractivity contribution in [1.29, 1.82) is 0 Å². The Kier molecular flexibility index (Phi) is 4.74. The van der Waals surface area contributed by atoms with E-state index in [0.29, 0.717) is 40.7 Å². The van der Waals surface area contributed by atoms with Crippen molar-refractivity contribution < 1.29 is 18.7 Å². The van der Waals surface area contributed by atoms with Crippen molar-refractivity contribution in [2.45, 2.75) is 20.1 Å². The maximum Gasteiger partial charge on any atom is 0.222 e. The van der Waals surface area contributed by atoms with Gasteiger partial charge in [-0.3, -0.25) is 9.59 Å². The molecule has 0 amide bonds. The van der Waals surface area contributed by atoms with Crippen LogP contribution in [0.2, 0.25) is 0 Å². The Bertz CT molecular complexity index is 935. The monoisotopic (exact) mass is 326 g/mol. The third-order valence-electron chi connectivity index (χ3n) is 3.71. The highest BCUT2D eigenvalue weighted by Gasteiger charge is 2.21. The molecule has 124 valence electrons. The first kappa shape index (κ1) is 16.4. The summed E-state index contributed by atoms with van der Waals surface area (Å²) in [7, 11) is 0. The van der Waals surface area contributed by atoms with Crippen LogP contribution in [-0.2, 0) is 9.47 Å². The second-order valence-corrected chi connectivity index (χ2v) is 5.25. The van der Waals surface area contributed by atoms with Crippen LogP contribution in [0.4, 0.5) is 0 Å². The zero-order valence-corrected chi connectivity index (χ0v) is 13.6. The summed E-state index contributed by atoms with van der Waals surface area (Å²) in [6.07, 6.45) is -0.968. The maximum absolute atomic E-state index is 12.7. The fraction of sp³-hybridized carbons (Fsp3) is 0.263. The van der Waals surface area contributed by atoms with Gasteiger partial charge >= 0.3 is 0 Å². The lowest BCUT2D eigenvalue weighted by atomic mass is 10.1. The van der Waals surface area contributed by atoms with Gasteiger partial charge in [-0.1, -0.05) is 12.1 Å². The number of carbonyl (C=O) groups is 1. The maximum atomic E-state index is 12.7. The topological polar surface area (TPSA) is 65.7 Å². The van der Waals surface area contributed by atoms with Crippen LogP contribution >= 0.6 is 0 Å². The Morgan fingerprint density at radius 2 is 1.67 bits per heavy atom. The predicted molar refractivity (Wildman–Crippen MR) is 91.4 cm³/mol. The minimum Gasteiger partial charge on any atom is -0.456 e. The molecule has 0 spiro atoms. The highest BCUT2D eigenvalue weighted by Crippen LogP contribution is 2.20. The summed E-state index contributed by atoms with van der Waals surface area (Å²) >= 11 is 0. The summed E-state index contributed by atoms with van der Waals surface area (Å²) in [6.45, 7) is 4.30. The van der Waals surface area contributed by atoms with E-state index in [1.807, 2.05) is 6.07 Å². The Balaban J connectivity index is 2.10. The molecule has 0 unspecified atom stereocenters. The molecule has 0 atom stereocenters. The van der Waals surface area contributed by atoms with E-state index in [9.17, 15) is 9.59 Å². The van der Waals surface area contributed by atoms with E-state index in [4.69, 9.17) is 13.9 Å². The van der Waals surface area contributed by atoms with E-state index in [2.05, 4.69) is 0 Å². The van der Waals surface area contributed by atoms with Gasteiger partial charge in [0.1, 0.15) is 11.2 Å². The van der Waals surface area contributed by atoms with Crippen molar-refractivity contribution >= 4 is 27.7 Å². The molecule has 0 radical (unpaired) electrons. The zero-order chi connectivity index (χ0) is 17.1. The van der Waals surface area contributed by atoms with Crippen LogP contribution in [0.1, 0.15) is 24.2 Å². The van der Waals surface area contributed by atoms with Crippen LogP contribution in [0.25, 0.3) is 21.9 Å². The summed E-state index contributed by atoms with van der Waals surface area (Å²) in [4.78, 5) is 25.2. The lowest BCUT2D eigenvalue weighted by molar-refractivity contribution is -0.107. The van der Waals surface area contributed by atoms with Crippen LogP contribution in [0.15, 0.2) is 51.7 Å². The van der Waals surface area contributed by atoms with Gasteiger partial charge in [-0.2, -0.15) is 0 Å². The Morgan fingerprint density at radius 3 is 2.38 bits per heavy atom. The molecule has 5 heteroatoms. The lowest BCUT2D eigenvalue weighted by Gasteiger charge is -2.15. The van der Waals surface area contributed by atoms with Gasteiger partial charge in [0, 0.05) is 18.8 Å². The third kappa shape index (κ3) is 2.96. The van der Waals surface area contributed by atoms with Crippen molar-refractivity contribution in [1.82, 2.24) is 0 Å². The van der Waals surface area contributed by atoms with Crippen molar-refractivity contribution in [2.75, 3.05) is 13.2 Å². The van der Waals surface area contributed by atoms with Gasteiger partial charge in [-0.15, -0.1) is 0 Å². The first-order valence-corrected chi connectivity index (χ1v) is 7.88. The average Bonchev–Trinajstić information content (AvgIpc) is 2.61. The van der Waals surface area contributed by atoms with Crippen LogP contribution in [0.5, 0.6) is 0 Å². The number of hydrogen-bond acceptors (Lipinski definition) is 5. The number of carbonyl (C=O) groups excluding carboxylic acids is 1. The average molecular weight is 326 g/mol. The molecule has 0 aliphatic heterocycles. The number of Topliss-reactive ketones (excluding diaryl/α,β-unsaturated/α-hetero) is 1. The van der Waals surface area contributed by atoms with Gasteiger partial charge in [0.2, 0.25) is 17.5 Å². The van der Waals surface area contributed by atoms with E-state index in [1.165, 1.54) is 0 Å². The van der Waals surface area contributed by atoms with E-state index in [1.54, 1.807) is 50.2 Å². The summed E-state index contributed by atoms with van der Waals surface area (Å²) in [5.41, 5.74) is 1.16. The van der Waals surface area contributed by atoms with Crippen molar-refractivity contribution in [3.63, 3.8) is 0 Å². The molecular formula is C19H18O5. The lowest BCUT2D eigenvalue weighted by Crippen LogP contribution is -2.27. The summed E-state index contributed by atoms with van der Waals surface area (Å²) in [6, 6.07) is 11.8. The zero-order valence-electron chi connectivity index (χ0n) is 13.6. The van der Waals surface area contributed by atoms with Gasteiger partial charge in [-0.25, -0.2) is 0 Å². The molecule has 0 saturated heterocycles. The van der Waals surface area contributed by atoms with Crippen LogP contribution in [-0.4, -0.2) is 25.3 Å². The second-order valence-electron chi connectivity index (χ2n) is 5.25. The van der Waals surface area contributed by atoms with E-state index in [-0.39, 0.29) is 11.2 Å². The normalized spacial score (nSPS) is 11.5. The summed E-state index contributed by atoms with van der Waals surface area (Å²) in [5, 5.41) is 0.854. The molecule has 0 bridgehead atoms. The minimum absolute atomic E-state index is 0.161. The van der Waals surface area contributed by atoms with E-state index < -0.39 is 6.29 Å². The smallest absolute Gasteiger partial charge is 0.222 e. The van der Waals surface area contributed by atoms with E-state index >= 15 is 0 Å². The third-order valence-corrected chi connectivity index (χ3v) is 3.71. The molecule has 2 aromatic carbocycles. The predicted octanol–water partition coefficient (Wildman–Crippen LogP) is 3.53. The highest BCUT2D eigenvalue weighted by molar-refractivity contribution is 6.02. The molecule has 0 N–H and O–H groups in total. The molecule has 0 aliphatic carbocycles. The first-order chi connectivity index (χ1) is 11.7. The molecule has 5 nitrogen and oxygen atoms in total. The summed E-state index contributed by atoms with van der Waals surface area (Å²) < 4.78 is 16.4. The molecule has 0 fully saturated rings. The fourth-order valence-corrected chi connectivity index (χ4v) is 2.59. The summed E-state index contributed by atoms with van der Waals surface area (Å²) in [5.74, 6) is -0.312. The Morgan fingerprint density at radius 1 is 1.00 bits per heavy atom. The number of ketones is 1. The number of rotatable bonds is 6. The van der Waals surface area contributed by atoms with Gasteiger partial charge in [0.15, 0.2) is 0 Å². The van der Waals surface area contributed by atoms with Gasteiger partial charge in [0.25, 0.3) is 0 Å². The standard InChI is InChI=1S/C19H18O5/c1-3-22-19(23-4-2)17(20)12-9-10-16-14(11-12)18(21)13-7-5-6-8-15(13)24-16/h5-11,19H,3-4H2,1-2H3. The molecule has 0 aliphatic rings. The molecule has 0 saturated carbocycles. The number of hydrogen-bond donors (Lipinski definition) is 0. The number of ether oxygens (including phenoxy) is 2. The SMILES string of the molecule is CCOC(OCC)C(=O)c1ccc2oc3ccccc3c(=O)c2c1. The molecule has 24 heavy (non-hydrogen) atoms. The van der Waals surface area contributed by atoms with Crippen LogP contribution in [0, 0.1) is 0 Å². The highest BCUT2D eigenvalue weighted by atomic mass is 16.7. The molecule has 1 heterocycles. The van der Waals surface area contributed by atoms with Gasteiger partial charge in [0.05, 0.1) is 10.8 Å². The fourth-order valence-electron chi connectivity index (χ4n) is 2.59. The van der Waals surface area contributed by atoms with Crippen molar-refractivity contribution in [3.05, 3.63) is 58.3 Å². The Labute approximate surface area is 138 Å². The first-order valence-electron chi connectivity index (χ1n) is 7.88. The largest absolute Gasteiger partial charge is 0.456 e. The second kappa shape index (κ2) is 6.95. The van der Waals surface area contributed by atoms with Crippen LogP contribution in [0.3, 0.4) is 0 Å². The molecular weight excluding hydrogens is 308 g/mol. The molecule has 3 rings (SSSR count).